The second-order valence-electron chi connectivity index (χ2n) is 4.45. The minimum absolute atomic E-state index is 0.102. The Kier molecular flexibility index (Phi) is 4.37. The van der Waals surface area contributed by atoms with Crippen LogP contribution in [0.25, 0.3) is 0 Å². The van der Waals surface area contributed by atoms with Crippen LogP contribution in [0.2, 0.25) is 21.0 Å². The van der Waals surface area contributed by atoms with Crippen molar-refractivity contribution < 1.29 is 14.3 Å². The van der Waals surface area contributed by atoms with Crippen LogP contribution in [-0.4, -0.2) is 32.1 Å². The molecule has 0 radical (unpaired) electrons. The summed E-state index contributed by atoms with van der Waals surface area (Å²) in [4.78, 5) is 23.1. The fraction of sp³-hybridized carbons (Fsp3) is 0.818. The van der Waals surface area contributed by atoms with Crippen LogP contribution in [0, 0.1) is 5.92 Å². The molecule has 3 nitrogen and oxygen atoms in total. The van der Waals surface area contributed by atoms with Crippen molar-refractivity contribution in [3.8, 4) is 0 Å². The molecule has 1 unspecified atom stereocenters. The van der Waals surface area contributed by atoms with Crippen LogP contribution >= 0.6 is 0 Å². The van der Waals surface area contributed by atoms with Gasteiger partial charge in [0.2, 0.25) is 0 Å². The molecule has 0 aromatic heterocycles. The predicted octanol–water partition coefficient (Wildman–Crippen LogP) is 2.24. The Morgan fingerprint density at radius 1 is 1.47 bits per heavy atom. The van der Waals surface area contributed by atoms with Crippen molar-refractivity contribution in [1.82, 2.24) is 0 Å². The molecule has 0 bridgehead atoms. The fourth-order valence-electron chi connectivity index (χ4n) is 2.46. The molecular weight excluding hydrogens is 253 g/mol. The van der Waals surface area contributed by atoms with Gasteiger partial charge in [0.25, 0.3) is 0 Å². The van der Waals surface area contributed by atoms with E-state index in [0.717, 1.165) is 10.5 Å². The van der Waals surface area contributed by atoms with Crippen LogP contribution in [-0.2, 0) is 14.3 Å². The first-order valence-corrected chi connectivity index (χ1v) is 11.6. The summed E-state index contributed by atoms with van der Waals surface area (Å²) in [6.07, 6.45) is 0.613. The Balaban J connectivity index is 2.79. The van der Waals surface area contributed by atoms with Gasteiger partial charge in [-0.1, -0.05) is 0 Å². The average Bonchev–Trinajstić information content (AvgIpc) is 2.29. The number of esters is 1. The number of hydrogen-bond acceptors (Lipinski definition) is 3. The molecule has 1 atom stereocenters. The first kappa shape index (κ1) is 12.8. The molecule has 15 heavy (non-hydrogen) atoms. The van der Waals surface area contributed by atoms with Crippen LogP contribution in [0.15, 0.2) is 0 Å². The molecule has 4 heteroatoms. The third-order valence-electron chi connectivity index (χ3n) is 3.91. The molecule has 1 fully saturated rings. The monoisotopic (exact) mass is 274 g/mol. The van der Waals surface area contributed by atoms with Crippen LogP contribution < -0.4 is 0 Å². The number of ether oxygens (including phenoxy) is 1. The Labute approximate surface area is 93.9 Å². The van der Waals surface area contributed by atoms with E-state index in [-0.39, 0.29) is 11.8 Å². The Bertz CT molecular complexity index is 251. The Morgan fingerprint density at radius 3 is 2.53 bits per heavy atom. The third kappa shape index (κ3) is 2.62. The minimum atomic E-state index is -1.86. The summed E-state index contributed by atoms with van der Waals surface area (Å²) in [5.41, 5.74) is 0. The SMILES string of the molecule is C[CH2][Ge]1([CH2]C)[CH2]CC(=O)C(C(=O)OC)[CH2]1. The van der Waals surface area contributed by atoms with Crippen molar-refractivity contribution in [2.75, 3.05) is 7.11 Å². The Morgan fingerprint density at radius 2 is 2.07 bits per heavy atom. The van der Waals surface area contributed by atoms with Gasteiger partial charge in [-0.3, -0.25) is 0 Å². The number of hydrogen-bond donors (Lipinski definition) is 0. The zero-order valence-corrected chi connectivity index (χ0v) is 11.9. The summed E-state index contributed by atoms with van der Waals surface area (Å²) >= 11 is -1.86. The van der Waals surface area contributed by atoms with Crippen molar-refractivity contribution in [3.63, 3.8) is 0 Å². The molecule has 1 aliphatic rings. The van der Waals surface area contributed by atoms with Crippen LogP contribution in [0.1, 0.15) is 20.3 Å². The van der Waals surface area contributed by atoms with Crippen LogP contribution in [0.5, 0.6) is 0 Å². The summed E-state index contributed by atoms with van der Waals surface area (Å²) in [5.74, 6) is -0.634. The van der Waals surface area contributed by atoms with E-state index >= 15 is 0 Å². The number of Topliss-reactive ketones (excluding diaryl/α,β-unsaturated/α-hetero) is 1. The number of ketones is 1. The molecule has 0 spiro atoms. The average molecular weight is 273 g/mol. The zero-order chi connectivity index (χ0) is 11.5. The van der Waals surface area contributed by atoms with Gasteiger partial charge < -0.3 is 0 Å². The number of methoxy groups -OCH3 is 1. The number of rotatable bonds is 3. The summed E-state index contributed by atoms with van der Waals surface area (Å²) < 4.78 is 4.71. The topological polar surface area (TPSA) is 43.4 Å². The first-order chi connectivity index (χ1) is 7.08. The molecule has 0 aromatic rings. The van der Waals surface area contributed by atoms with E-state index in [2.05, 4.69) is 13.8 Å². The number of carbonyl (C=O) groups excluding carboxylic acids is 2. The number of carbonyl (C=O) groups is 2. The summed E-state index contributed by atoms with van der Waals surface area (Å²) in [6.45, 7) is 4.43. The summed E-state index contributed by atoms with van der Waals surface area (Å²) in [5, 5.41) is 4.41. The van der Waals surface area contributed by atoms with Crippen molar-refractivity contribution >= 4 is 25.0 Å². The van der Waals surface area contributed by atoms with Gasteiger partial charge >= 0.3 is 93.7 Å². The van der Waals surface area contributed by atoms with Crippen LogP contribution in [0.3, 0.4) is 0 Å². The summed E-state index contributed by atoms with van der Waals surface area (Å²) in [6, 6.07) is 0. The molecule has 1 heterocycles. The quantitative estimate of drug-likeness (QED) is 0.450. The van der Waals surface area contributed by atoms with E-state index in [1.165, 1.54) is 17.6 Å². The molecular formula is C11H20GeO3. The predicted molar refractivity (Wildman–Crippen MR) is 61.5 cm³/mol. The van der Waals surface area contributed by atoms with E-state index in [1.54, 1.807) is 0 Å². The third-order valence-corrected chi connectivity index (χ3v) is 15.6. The molecule has 1 rings (SSSR count). The first-order valence-electron chi connectivity index (χ1n) is 5.69. The van der Waals surface area contributed by atoms with Gasteiger partial charge in [-0.05, 0) is 0 Å². The maximum absolute atomic E-state index is 11.6. The zero-order valence-electron chi connectivity index (χ0n) is 9.84. The van der Waals surface area contributed by atoms with E-state index < -0.39 is 19.2 Å². The van der Waals surface area contributed by atoms with Crippen molar-refractivity contribution in [1.29, 1.82) is 0 Å². The molecule has 0 amide bonds. The van der Waals surface area contributed by atoms with Crippen molar-refractivity contribution in [3.05, 3.63) is 0 Å². The van der Waals surface area contributed by atoms with Crippen molar-refractivity contribution in [2.45, 2.75) is 41.3 Å². The molecule has 0 N–H and O–H groups in total. The second kappa shape index (κ2) is 5.15. The van der Waals surface area contributed by atoms with Gasteiger partial charge in [0.05, 0.1) is 0 Å². The van der Waals surface area contributed by atoms with E-state index in [9.17, 15) is 9.59 Å². The van der Waals surface area contributed by atoms with Crippen molar-refractivity contribution in [2.24, 2.45) is 5.92 Å². The molecule has 1 aliphatic heterocycles. The van der Waals surface area contributed by atoms with Gasteiger partial charge in [0.15, 0.2) is 0 Å². The van der Waals surface area contributed by atoms with Gasteiger partial charge in [-0.25, -0.2) is 0 Å². The summed E-state index contributed by atoms with van der Waals surface area (Å²) in [7, 11) is 1.37. The van der Waals surface area contributed by atoms with Crippen LogP contribution in [0.4, 0.5) is 0 Å². The normalized spacial score (nSPS) is 25.0. The molecule has 0 aliphatic carbocycles. The standard InChI is InChI=1S/C11H20GeO3/c1-4-12(5-2)7-6-10(13)9(8-12)11(14)15-3/h9H,4-8H2,1-3H3. The second-order valence-corrected chi connectivity index (χ2v) is 15.6. The Hall–Kier alpha value is -0.317. The van der Waals surface area contributed by atoms with Gasteiger partial charge in [0, 0.05) is 0 Å². The maximum atomic E-state index is 11.6. The van der Waals surface area contributed by atoms with Gasteiger partial charge in [0.1, 0.15) is 0 Å². The van der Waals surface area contributed by atoms with E-state index in [0.29, 0.717) is 6.42 Å². The van der Waals surface area contributed by atoms with Gasteiger partial charge in [-0.2, -0.15) is 0 Å². The van der Waals surface area contributed by atoms with E-state index in [1.807, 2.05) is 0 Å². The van der Waals surface area contributed by atoms with E-state index in [4.69, 9.17) is 4.74 Å². The molecule has 1 saturated heterocycles. The molecule has 0 saturated carbocycles. The van der Waals surface area contributed by atoms with Gasteiger partial charge in [-0.15, -0.1) is 0 Å². The molecule has 86 valence electrons. The molecule has 0 aromatic carbocycles. The fourth-order valence-corrected chi connectivity index (χ4v) is 10.9.